The summed E-state index contributed by atoms with van der Waals surface area (Å²) in [6, 6.07) is 6.62. The second-order valence-corrected chi connectivity index (χ2v) is 5.57. The van der Waals surface area contributed by atoms with Gasteiger partial charge in [0.2, 0.25) is 0 Å². The first-order chi connectivity index (χ1) is 6.58. The monoisotopic (exact) mass is 252 g/mol. The lowest BCUT2D eigenvalue weighted by atomic mass is 9.81. The van der Waals surface area contributed by atoms with Crippen LogP contribution in [0.1, 0.15) is 50.7 Å². The molecule has 0 saturated carbocycles. The van der Waals surface area contributed by atoms with Crippen molar-refractivity contribution >= 4 is 15.9 Å². The summed E-state index contributed by atoms with van der Waals surface area (Å²) in [6.07, 6.45) is 2.53. The van der Waals surface area contributed by atoms with Gasteiger partial charge in [0, 0.05) is 4.47 Å². The summed E-state index contributed by atoms with van der Waals surface area (Å²) in [5.74, 6) is 0.700. The zero-order valence-corrected chi connectivity index (χ0v) is 10.7. The van der Waals surface area contributed by atoms with Crippen molar-refractivity contribution in [1.82, 2.24) is 0 Å². The maximum atomic E-state index is 3.67. The predicted octanol–water partition coefficient (Wildman–Crippen LogP) is 4.62. The summed E-state index contributed by atoms with van der Waals surface area (Å²) >= 11 is 3.67. The van der Waals surface area contributed by atoms with Gasteiger partial charge in [0.15, 0.2) is 0 Å². The van der Waals surface area contributed by atoms with Crippen LogP contribution in [0.4, 0.5) is 0 Å². The van der Waals surface area contributed by atoms with Crippen molar-refractivity contribution in [3.05, 3.63) is 33.8 Å². The quantitative estimate of drug-likeness (QED) is 0.684. The van der Waals surface area contributed by atoms with E-state index in [9.17, 15) is 0 Å². The van der Waals surface area contributed by atoms with E-state index in [1.54, 1.807) is 5.56 Å². The molecule has 1 aliphatic rings. The van der Waals surface area contributed by atoms with Gasteiger partial charge in [0.25, 0.3) is 0 Å². The summed E-state index contributed by atoms with van der Waals surface area (Å²) in [6.45, 7) is 7.02. The molecule has 0 unspecified atom stereocenters. The highest BCUT2D eigenvalue weighted by molar-refractivity contribution is 9.10. The van der Waals surface area contributed by atoms with Gasteiger partial charge in [-0.1, -0.05) is 48.8 Å². The Labute approximate surface area is 94.8 Å². The number of halogens is 1. The van der Waals surface area contributed by atoms with Crippen LogP contribution in [0.2, 0.25) is 0 Å². The Hall–Kier alpha value is -0.300. The molecule has 1 heteroatoms. The summed E-state index contributed by atoms with van der Waals surface area (Å²) < 4.78 is 1.29. The molecule has 0 radical (unpaired) electrons. The predicted molar refractivity (Wildman–Crippen MR) is 64.8 cm³/mol. The van der Waals surface area contributed by atoms with Gasteiger partial charge in [-0.15, -0.1) is 0 Å². The Morgan fingerprint density at radius 2 is 2.21 bits per heavy atom. The lowest BCUT2D eigenvalue weighted by Gasteiger charge is -2.23. The minimum Gasteiger partial charge on any atom is -0.0645 e. The standard InChI is InChI=1S/C13H17Br/c1-4-13(3)8-9(2)12-10(13)6-5-7-11(12)14/h5-7,9H,4,8H2,1-3H3/t9-,13-/m1/s1. The van der Waals surface area contributed by atoms with E-state index in [1.807, 2.05) is 0 Å². The van der Waals surface area contributed by atoms with Gasteiger partial charge in [-0.2, -0.15) is 0 Å². The maximum absolute atomic E-state index is 3.67. The first-order valence-corrected chi connectivity index (χ1v) is 6.16. The molecule has 0 fully saturated rings. The fraction of sp³-hybridized carbons (Fsp3) is 0.538. The second-order valence-electron chi connectivity index (χ2n) is 4.72. The minimum absolute atomic E-state index is 0.401. The molecule has 0 nitrogen and oxygen atoms in total. The molecular formula is C13H17Br. The van der Waals surface area contributed by atoms with Crippen LogP contribution in [0.3, 0.4) is 0 Å². The summed E-state index contributed by atoms with van der Waals surface area (Å²) in [7, 11) is 0. The Morgan fingerprint density at radius 1 is 1.50 bits per heavy atom. The Kier molecular flexibility index (Phi) is 2.46. The van der Waals surface area contributed by atoms with Crippen molar-refractivity contribution in [3.63, 3.8) is 0 Å². The largest absolute Gasteiger partial charge is 0.0645 e. The number of fused-ring (bicyclic) bond motifs is 1. The molecule has 0 bridgehead atoms. The summed E-state index contributed by atoms with van der Waals surface area (Å²) in [4.78, 5) is 0. The third-order valence-corrected chi connectivity index (χ3v) is 4.42. The number of rotatable bonds is 1. The molecule has 0 spiro atoms. The van der Waals surface area contributed by atoms with Gasteiger partial charge in [-0.05, 0) is 41.4 Å². The van der Waals surface area contributed by atoms with E-state index in [-0.39, 0.29) is 0 Å². The summed E-state index contributed by atoms with van der Waals surface area (Å²) in [5, 5.41) is 0. The highest BCUT2D eigenvalue weighted by Gasteiger charge is 2.37. The molecule has 2 rings (SSSR count). The van der Waals surface area contributed by atoms with Gasteiger partial charge in [0.1, 0.15) is 0 Å². The van der Waals surface area contributed by atoms with Crippen LogP contribution in [0.15, 0.2) is 22.7 Å². The average molecular weight is 253 g/mol. The molecular weight excluding hydrogens is 236 g/mol. The fourth-order valence-electron chi connectivity index (χ4n) is 2.79. The normalized spacial score (nSPS) is 30.4. The van der Waals surface area contributed by atoms with Gasteiger partial charge < -0.3 is 0 Å². The average Bonchev–Trinajstić information content (AvgIpc) is 2.41. The van der Waals surface area contributed by atoms with E-state index >= 15 is 0 Å². The fourth-order valence-corrected chi connectivity index (χ4v) is 3.54. The van der Waals surface area contributed by atoms with Gasteiger partial charge >= 0.3 is 0 Å². The minimum atomic E-state index is 0.401. The van der Waals surface area contributed by atoms with Crippen molar-refractivity contribution in [2.75, 3.05) is 0 Å². The van der Waals surface area contributed by atoms with E-state index in [2.05, 4.69) is 54.9 Å². The Bertz CT molecular complexity index is 356. The van der Waals surface area contributed by atoms with Gasteiger partial charge in [0.05, 0.1) is 0 Å². The highest BCUT2D eigenvalue weighted by Crippen LogP contribution is 2.49. The molecule has 0 aromatic heterocycles. The number of benzene rings is 1. The van der Waals surface area contributed by atoms with Crippen molar-refractivity contribution in [3.8, 4) is 0 Å². The van der Waals surface area contributed by atoms with E-state index in [0.717, 1.165) is 0 Å². The Morgan fingerprint density at radius 3 is 2.86 bits per heavy atom. The van der Waals surface area contributed by atoms with Gasteiger partial charge in [-0.3, -0.25) is 0 Å². The third kappa shape index (κ3) is 1.33. The van der Waals surface area contributed by atoms with Crippen molar-refractivity contribution in [2.24, 2.45) is 0 Å². The van der Waals surface area contributed by atoms with Crippen molar-refractivity contribution in [2.45, 2.75) is 44.9 Å². The van der Waals surface area contributed by atoms with Crippen LogP contribution in [0.25, 0.3) is 0 Å². The molecule has 1 aromatic carbocycles. The molecule has 76 valence electrons. The zero-order valence-electron chi connectivity index (χ0n) is 9.10. The van der Waals surface area contributed by atoms with Crippen LogP contribution in [0, 0.1) is 0 Å². The second kappa shape index (κ2) is 3.37. The van der Waals surface area contributed by atoms with Crippen molar-refractivity contribution in [1.29, 1.82) is 0 Å². The third-order valence-electron chi connectivity index (χ3n) is 3.73. The van der Waals surface area contributed by atoms with E-state index in [0.29, 0.717) is 11.3 Å². The molecule has 0 aliphatic heterocycles. The van der Waals surface area contributed by atoms with Crippen LogP contribution in [0.5, 0.6) is 0 Å². The number of hydrogen-bond acceptors (Lipinski definition) is 0. The van der Waals surface area contributed by atoms with Crippen LogP contribution in [-0.4, -0.2) is 0 Å². The van der Waals surface area contributed by atoms with Crippen molar-refractivity contribution < 1.29 is 0 Å². The first-order valence-electron chi connectivity index (χ1n) is 5.37. The Balaban J connectivity index is 2.60. The highest BCUT2D eigenvalue weighted by atomic mass is 79.9. The first kappa shape index (κ1) is 10.2. The van der Waals surface area contributed by atoms with Crippen LogP contribution >= 0.6 is 15.9 Å². The molecule has 1 aliphatic carbocycles. The smallest absolute Gasteiger partial charge is 0.0212 e. The van der Waals surface area contributed by atoms with Gasteiger partial charge in [-0.25, -0.2) is 0 Å². The summed E-state index contributed by atoms with van der Waals surface area (Å²) in [5.41, 5.74) is 3.50. The zero-order chi connectivity index (χ0) is 10.3. The molecule has 0 amide bonds. The molecule has 0 N–H and O–H groups in total. The SMILES string of the molecule is CC[C@]1(C)C[C@@H](C)c2c(Br)cccc21. The molecule has 0 heterocycles. The lowest BCUT2D eigenvalue weighted by Crippen LogP contribution is -2.16. The van der Waals surface area contributed by atoms with E-state index in [4.69, 9.17) is 0 Å². The maximum Gasteiger partial charge on any atom is 0.0212 e. The topological polar surface area (TPSA) is 0 Å². The van der Waals surface area contributed by atoms with Crippen LogP contribution in [-0.2, 0) is 5.41 Å². The molecule has 1 aromatic rings. The van der Waals surface area contributed by atoms with E-state index < -0.39 is 0 Å². The lowest BCUT2D eigenvalue weighted by molar-refractivity contribution is 0.430. The number of hydrogen-bond donors (Lipinski definition) is 0. The molecule has 14 heavy (non-hydrogen) atoms. The van der Waals surface area contributed by atoms with Crippen LogP contribution < -0.4 is 0 Å². The molecule has 2 atom stereocenters. The van der Waals surface area contributed by atoms with E-state index in [1.165, 1.54) is 22.9 Å². The molecule has 0 saturated heterocycles.